The Morgan fingerprint density at radius 3 is 2.72 bits per heavy atom. The highest BCUT2D eigenvalue weighted by atomic mass is 32.2. The van der Waals surface area contributed by atoms with Crippen molar-refractivity contribution in [2.75, 3.05) is 11.5 Å². The molecule has 1 heterocycles. The second kappa shape index (κ2) is 5.07. The van der Waals surface area contributed by atoms with Crippen molar-refractivity contribution in [3.63, 3.8) is 0 Å². The van der Waals surface area contributed by atoms with Crippen LogP contribution in [0.4, 0.5) is 0 Å². The standard InChI is InChI=1S/C12H16N2O3S/c13-12(15)11-4-2-1-3-9(11)7-14-10-5-6-18(16,17)8-10/h1-4,10,14H,5-8H2,(H2,13,15). The van der Waals surface area contributed by atoms with E-state index in [4.69, 9.17) is 5.73 Å². The third-order valence-corrected chi connectivity index (χ3v) is 4.86. The molecule has 6 heteroatoms. The molecule has 1 aliphatic rings. The average molecular weight is 268 g/mol. The molecule has 1 aromatic rings. The highest BCUT2D eigenvalue weighted by Crippen LogP contribution is 2.13. The quantitative estimate of drug-likeness (QED) is 0.808. The molecule has 1 amide bonds. The summed E-state index contributed by atoms with van der Waals surface area (Å²) < 4.78 is 22.6. The molecule has 0 bridgehead atoms. The maximum atomic E-state index is 11.3. The lowest BCUT2D eigenvalue weighted by molar-refractivity contribution is 0.0999. The van der Waals surface area contributed by atoms with E-state index in [1.165, 1.54) is 0 Å². The number of nitrogens with one attached hydrogen (secondary N) is 1. The van der Waals surface area contributed by atoms with Crippen molar-refractivity contribution in [3.05, 3.63) is 35.4 Å². The van der Waals surface area contributed by atoms with Crippen LogP contribution in [0.5, 0.6) is 0 Å². The second-order valence-electron chi connectivity index (χ2n) is 4.50. The van der Waals surface area contributed by atoms with Gasteiger partial charge in [-0.15, -0.1) is 0 Å². The molecule has 0 spiro atoms. The van der Waals surface area contributed by atoms with Gasteiger partial charge in [0.05, 0.1) is 11.5 Å². The molecule has 18 heavy (non-hydrogen) atoms. The third kappa shape index (κ3) is 3.08. The van der Waals surface area contributed by atoms with Crippen molar-refractivity contribution in [3.8, 4) is 0 Å². The number of primary amides is 1. The minimum absolute atomic E-state index is 0.0315. The molecule has 0 aromatic heterocycles. The average Bonchev–Trinajstić information content (AvgIpc) is 2.66. The first-order valence-corrected chi connectivity index (χ1v) is 7.61. The highest BCUT2D eigenvalue weighted by Gasteiger charge is 2.27. The summed E-state index contributed by atoms with van der Waals surface area (Å²) in [7, 11) is -2.88. The molecule has 2 rings (SSSR count). The lowest BCUT2D eigenvalue weighted by atomic mass is 10.1. The summed E-state index contributed by atoms with van der Waals surface area (Å²) in [5.74, 6) is -0.0557. The van der Waals surface area contributed by atoms with Gasteiger partial charge in [-0.05, 0) is 18.1 Å². The minimum atomic E-state index is -2.88. The molecular formula is C12H16N2O3S. The van der Waals surface area contributed by atoms with Gasteiger partial charge in [0.25, 0.3) is 0 Å². The molecule has 1 atom stereocenters. The van der Waals surface area contributed by atoms with Gasteiger partial charge in [-0.1, -0.05) is 18.2 Å². The van der Waals surface area contributed by atoms with Gasteiger partial charge < -0.3 is 11.1 Å². The number of nitrogens with two attached hydrogens (primary N) is 1. The molecule has 98 valence electrons. The van der Waals surface area contributed by atoms with Gasteiger partial charge in [0.1, 0.15) is 0 Å². The van der Waals surface area contributed by atoms with Gasteiger partial charge >= 0.3 is 0 Å². The van der Waals surface area contributed by atoms with Gasteiger partial charge in [-0.25, -0.2) is 8.42 Å². The van der Waals surface area contributed by atoms with E-state index >= 15 is 0 Å². The first kappa shape index (κ1) is 13.0. The van der Waals surface area contributed by atoms with Crippen LogP contribution in [0.1, 0.15) is 22.3 Å². The fourth-order valence-electron chi connectivity index (χ4n) is 2.13. The molecular weight excluding hydrogens is 252 g/mol. The molecule has 0 radical (unpaired) electrons. The van der Waals surface area contributed by atoms with Crippen molar-refractivity contribution in [1.29, 1.82) is 0 Å². The van der Waals surface area contributed by atoms with Crippen LogP contribution in [0.25, 0.3) is 0 Å². The molecule has 3 N–H and O–H groups in total. The Labute approximate surface area is 106 Å². The highest BCUT2D eigenvalue weighted by molar-refractivity contribution is 7.91. The van der Waals surface area contributed by atoms with Crippen LogP contribution in [0.3, 0.4) is 0 Å². The predicted octanol–water partition coefficient (Wildman–Crippen LogP) is 0.0622. The van der Waals surface area contributed by atoms with Crippen molar-refractivity contribution >= 4 is 15.7 Å². The number of rotatable bonds is 4. The van der Waals surface area contributed by atoms with E-state index in [2.05, 4.69) is 5.32 Å². The number of benzene rings is 1. The predicted molar refractivity (Wildman–Crippen MR) is 68.9 cm³/mol. The van der Waals surface area contributed by atoms with Crippen molar-refractivity contribution < 1.29 is 13.2 Å². The second-order valence-corrected chi connectivity index (χ2v) is 6.73. The summed E-state index contributed by atoms with van der Waals surface area (Å²) in [6.07, 6.45) is 0.626. The summed E-state index contributed by atoms with van der Waals surface area (Å²) in [5.41, 5.74) is 6.56. The summed E-state index contributed by atoms with van der Waals surface area (Å²) >= 11 is 0. The van der Waals surface area contributed by atoms with Crippen LogP contribution < -0.4 is 11.1 Å². The Kier molecular flexibility index (Phi) is 3.68. The Morgan fingerprint density at radius 1 is 1.39 bits per heavy atom. The largest absolute Gasteiger partial charge is 0.366 e. The van der Waals surface area contributed by atoms with Gasteiger partial charge in [-0.3, -0.25) is 4.79 Å². The smallest absolute Gasteiger partial charge is 0.249 e. The van der Waals surface area contributed by atoms with Crippen LogP contribution >= 0.6 is 0 Å². The van der Waals surface area contributed by atoms with Crippen LogP contribution in [0, 0.1) is 0 Å². The topological polar surface area (TPSA) is 89.3 Å². The molecule has 1 fully saturated rings. The van der Waals surface area contributed by atoms with E-state index in [0.717, 1.165) is 5.56 Å². The van der Waals surface area contributed by atoms with E-state index in [1.54, 1.807) is 12.1 Å². The first-order valence-electron chi connectivity index (χ1n) is 5.79. The maximum Gasteiger partial charge on any atom is 0.249 e. The number of hydrogen-bond acceptors (Lipinski definition) is 4. The number of hydrogen-bond donors (Lipinski definition) is 2. The monoisotopic (exact) mass is 268 g/mol. The first-order chi connectivity index (χ1) is 8.48. The zero-order chi connectivity index (χ0) is 13.2. The van der Waals surface area contributed by atoms with Gasteiger partial charge in [0, 0.05) is 18.2 Å². The number of carbonyl (C=O) groups is 1. The number of carbonyl (C=O) groups excluding carboxylic acids is 1. The van der Waals surface area contributed by atoms with Crippen molar-refractivity contribution in [1.82, 2.24) is 5.32 Å². The van der Waals surface area contributed by atoms with E-state index in [-0.39, 0.29) is 17.5 Å². The SMILES string of the molecule is NC(=O)c1ccccc1CNC1CCS(=O)(=O)C1. The van der Waals surface area contributed by atoms with Crippen molar-refractivity contribution in [2.24, 2.45) is 5.73 Å². The normalized spacial score (nSPS) is 21.9. The summed E-state index contributed by atoms with van der Waals surface area (Å²) in [5, 5.41) is 3.16. The van der Waals surface area contributed by atoms with Gasteiger partial charge in [0.15, 0.2) is 9.84 Å². The molecule has 1 saturated heterocycles. The zero-order valence-electron chi connectivity index (χ0n) is 9.93. The summed E-state index contributed by atoms with van der Waals surface area (Å²) in [4.78, 5) is 11.2. The Bertz CT molecular complexity index is 554. The third-order valence-electron chi connectivity index (χ3n) is 3.10. The van der Waals surface area contributed by atoms with Crippen LogP contribution in [0.15, 0.2) is 24.3 Å². The Hall–Kier alpha value is -1.40. The maximum absolute atomic E-state index is 11.3. The Morgan fingerprint density at radius 2 is 2.11 bits per heavy atom. The molecule has 1 unspecified atom stereocenters. The zero-order valence-corrected chi connectivity index (χ0v) is 10.7. The van der Waals surface area contributed by atoms with E-state index in [1.807, 2.05) is 12.1 Å². The Balaban J connectivity index is 2.01. The van der Waals surface area contributed by atoms with E-state index < -0.39 is 15.7 Å². The van der Waals surface area contributed by atoms with Gasteiger partial charge in [0.2, 0.25) is 5.91 Å². The van der Waals surface area contributed by atoms with Crippen LogP contribution in [0.2, 0.25) is 0 Å². The fourth-order valence-corrected chi connectivity index (χ4v) is 3.83. The minimum Gasteiger partial charge on any atom is -0.366 e. The number of amides is 1. The van der Waals surface area contributed by atoms with Crippen LogP contribution in [-0.2, 0) is 16.4 Å². The molecule has 5 nitrogen and oxygen atoms in total. The number of sulfone groups is 1. The lowest BCUT2D eigenvalue weighted by Gasteiger charge is -2.12. The van der Waals surface area contributed by atoms with Gasteiger partial charge in [-0.2, -0.15) is 0 Å². The lowest BCUT2D eigenvalue weighted by Crippen LogP contribution is -2.30. The molecule has 0 aliphatic carbocycles. The molecule has 0 saturated carbocycles. The van der Waals surface area contributed by atoms with E-state index in [9.17, 15) is 13.2 Å². The van der Waals surface area contributed by atoms with Crippen molar-refractivity contribution in [2.45, 2.75) is 19.0 Å². The molecule has 1 aliphatic heterocycles. The summed E-state index contributed by atoms with van der Waals surface area (Å²) in [6.45, 7) is 0.458. The van der Waals surface area contributed by atoms with Crippen LogP contribution in [-0.4, -0.2) is 31.9 Å². The fraction of sp³-hybridized carbons (Fsp3) is 0.417. The molecule has 1 aromatic carbocycles. The summed E-state index contributed by atoms with van der Waals surface area (Å²) in [6, 6.07) is 7.04. The van der Waals surface area contributed by atoms with E-state index in [0.29, 0.717) is 18.5 Å².